The fourth-order valence-electron chi connectivity index (χ4n) is 2.62. The zero-order valence-corrected chi connectivity index (χ0v) is 10.7. The topological polar surface area (TPSA) is 42.4 Å². The average Bonchev–Trinajstić information content (AvgIpc) is 3.22. The van der Waals surface area contributed by atoms with Gasteiger partial charge in [0, 0.05) is 19.3 Å². The Morgan fingerprint density at radius 1 is 1.33 bits per heavy atom. The third-order valence-corrected chi connectivity index (χ3v) is 4.06. The van der Waals surface area contributed by atoms with Gasteiger partial charge in [-0.1, -0.05) is 6.07 Å². The van der Waals surface area contributed by atoms with Gasteiger partial charge in [-0.2, -0.15) is 0 Å². The van der Waals surface area contributed by atoms with Crippen LogP contribution in [0.15, 0.2) is 18.3 Å². The molecule has 1 aliphatic heterocycles. The number of carbonyl (C=O) groups is 1. The van der Waals surface area contributed by atoms with E-state index in [0.29, 0.717) is 0 Å². The van der Waals surface area contributed by atoms with E-state index >= 15 is 0 Å². The van der Waals surface area contributed by atoms with E-state index in [-0.39, 0.29) is 11.2 Å². The molecule has 4 nitrogen and oxygen atoms in total. The monoisotopic (exact) mass is 246 g/mol. The third-order valence-electron chi connectivity index (χ3n) is 4.06. The van der Waals surface area contributed by atoms with Crippen molar-refractivity contribution >= 4 is 11.6 Å². The van der Waals surface area contributed by atoms with E-state index in [4.69, 9.17) is 4.74 Å². The van der Waals surface area contributed by atoms with E-state index < -0.39 is 0 Å². The summed E-state index contributed by atoms with van der Waals surface area (Å²) in [6, 6.07) is 4.09. The molecular weight excluding hydrogens is 228 g/mol. The van der Waals surface area contributed by atoms with Crippen molar-refractivity contribution in [3.05, 3.63) is 23.9 Å². The summed E-state index contributed by atoms with van der Waals surface area (Å²) in [6.45, 7) is 5.00. The SMILES string of the molecule is CC(=O)C1(c2ccc(N3CCOCC3)nc2)CC1. The highest BCUT2D eigenvalue weighted by Gasteiger charge is 2.48. The summed E-state index contributed by atoms with van der Waals surface area (Å²) in [5, 5.41) is 0. The largest absolute Gasteiger partial charge is 0.378 e. The second-order valence-electron chi connectivity index (χ2n) is 5.14. The minimum absolute atomic E-state index is 0.212. The summed E-state index contributed by atoms with van der Waals surface area (Å²) >= 11 is 0. The van der Waals surface area contributed by atoms with E-state index in [1.54, 1.807) is 6.92 Å². The molecule has 0 amide bonds. The van der Waals surface area contributed by atoms with Gasteiger partial charge >= 0.3 is 0 Å². The highest BCUT2D eigenvalue weighted by molar-refractivity contribution is 5.91. The molecule has 0 unspecified atom stereocenters. The van der Waals surface area contributed by atoms with Gasteiger partial charge < -0.3 is 9.64 Å². The van der Waals surface area contributed by atoms with Gasteiger partial charge in [-0.3, -0.25) is 4.79 Å². The van der Waals surface area contributed by atoms with Crippen LogP contribution >= 0.6 is 0 Å². The maximum Gasteiger partial charge on any atom is 0.140 e. The minimum atomic E-state index is -0.212. The number of Topliss-reactive ketones (excluding diaryl/α,β-unsaturated/α-hetero) is 1. The molecule has 0 spiro atoms. The van der Waals surface area contributed by atoms with Gasteiger partial charge in [0.1, 0.15) is 11.6 Å². The molecule has 0 N–H and O–H groups in total. The Hall–Kier alpha value is -1.42. The fraction of sp³-hybridized carbons (Fsp3) is 0.571. The van der Waals surface area contributed by atoms with Crippen LogP contribution in [0.2, 0.25) is 0 Å². The quantitative estimate of drug-likeness (QED) is 0.811. The van der Waals surface area contributed by atoms with Gasteiger partial charge in [0.05, 0.1) is 18.6 Å². The van der Waals surface area contributed by atoms with Crippen molar-refractivity contribution in [3.8, 4) is 0 Å². The smallest absolute Gasteiger partial charge is 0.140 e. The summed E-state index contributed by atoms with van der Waals surface area (Å²) < 4.78 is 5.33. The predicted molar refractivity (Wildman–Crippen MR) is 68.9 cm³/mol. The molecule has 0 radical (unpaired) electrons. The van der Waals surface area contributed by atoms with Crippen LogP contribution in [0, 0.1) is 0 Å². The molecule has 3 rings (SSSR count). The molecule has 1 saturated heterocycles. The zero-order valence-electron chi connectivity index (χ0n) is 10.7. The van der Waals surface area contributed by atoms with E-state index in [9.17, 15) is 4.79 Å². The number of ketones is 1. The highest BCUT2D eigenvalue weighted by atomic mass is 16.5. The Bertz CT molecular complexity index is 445. The van der Waals surface area contributed by atoms with Crippen molar-refractivity contribution in [1.82, 2.24) is 4.98 Å². The molecule has 0 bridgehead atoms. The van der Waals surface area contributed by atoms with E-state index in [1.807, 2.05) is 12.3 Å². The van der Waals surface area contributed by atoms with Crippen LogP contribution in [-0.4, -0.2) is 37.1 Å². The van der Waals surface area contributed by atoms with Gasteiger partial charge in [-0.05, 0) is 31.4 Å². The third kappa shape index (κ3) is 1.90. The lowest BCUT2D eigenvalue weighted by atomic mass is 9.94. The summed E-state index contributed by atoms with van der Waals surface area (Å²) in [6.07, 6.45) is 3.82. The van der Waals surface area contributed by atoms with Gasteiger partial charge in [0.2, 0.25) is 0 Å². The second-order valence-corrected chi connectivity index (χ2v) is 5.14. The van der Waals surface area contributed by atoms with E-state index in [0.717, 1.165) is 50.5 Å². The number of nitrogens with zero attached hydrogens (tertiary/aromatic N) is 2. The Morgan fingerprint density at radius 2 is 2.06 bits per heavy atom. The van der Waals surface area contributed by atoms with Crippen molar-refractivity contribution in [2.24, 2.45) is 0 Å². The van der Waals surface area contributed by atoms with Crippen LogP contribution < -0.4 is 4.90 Å². The molecule has 96 valence electrons. The molecule has 0 aromatic carbocycles. The molecule has 1 aromatic rings. The number of hydrogen-bond acceptors (Lipinski definition) is 4. The first-order valence-electron chi connectivity index (χ1n) is 6.53. The maximum absolute atomic E-state index is 11.7. The molecular formula is C14H18N2O2. The molecule has 2 heterocycles. The van der Waals surface area contributed by atoms with Crippen LogP contribution in [0.4, 0.5) is 5.82 Å². The summed E-state index contributed by atoms with van der Waals surface area (Å²) in [4.78, 5) is 18.4. The van der Waals surface area contributed by atoms with Crippen molar-refractivity contribution < 1.29 is 9.53 Å². The molecule has 18 heavy (non-hydrogen) atoms. The lowest BCUT2D eigenvalue weighted by Crippen LogP contribution is -2.36. The number of hydrogen-bond donors (Lipinski definition) is 0. The Labute approximate surface area is 107 Å². The lowest BCUT2D eigenvalue weighted by molar-refractivity contribution is -0.119. The average molecular weight is 246 g/mol. The molecule has 4 heteroatoms. The Balaban J connectivity index is 1.79. The van der Waals surface area contributed by atoms with Crippen LogP contribution in [-0.2, 0) is 14.9 Å². The first-order chi connectivity index (χ1) is 8.72. The first kappa shape index (κ1) is 11.7. The molecule has 2 aliphatic rings. The second kappa shape index (κ2) is 4.35. The van der Waals surface area contributed by atoms with Crippen molar-refractivity contribution in [2.75, 3.05) is 31.2 Å². The number of anilines is 1. The Kier molecular flexibility index (Phi) is 2.82. The fourth-order valence-corrected chi connectivity index (χ4v) is 2.62. The number of morpholine rings is 1. The van der Waals surface area contributed by atoms with Crippen molar-refractivity contribution in [3.63, 3.8) is 0 Å². The molecule has 1 aliphatic carbocycles. The first-order valence-corrected chi connectivity index (χ1v) is 6.53. The van der Waals surface area contributed by atoms with Crippen molar-refractivity contribution in [1.29, 1.82) is 0 Å². The molecule has 0 atom stereocenters. The maximum atomic E-state index is 11.7. The highest BCUT2D eigenvalue weighted by Crippen LogP contribution is 2.48. The molecule has 1 saturated carbocycles. The zero-order chi connectivity index (χ0) is 12.6. The van der Waals surface area contributed by atoms with Gasteiger partial charge in [-0.25, -0.2) is 4.98 Å². The number of rotatable bonds is 3. The van der Waals surface area contributed by atoms with Crippen LogP contribution in [0.5, 0.6) is 0 Å². The van der Waals surface area contributed by atoms with E-state index in [1.165, 1.54) is 0 Å². The molecule has 2 fully saturated rings. The normalized spacial score (nSPS) is 21.7. The van der Waals surface area contributed by atoms with Crippen LogP contribution in [0.3, 0.4) is 0 Å². The number of carbonyl (C=O) groups excluding carboxylic acids is 1. The Morgan fingerprint density at radius 3 is 2.56 bits per heavy atom. The van der Waals surface area contributed by atoms with Crippen molar-refractivity contribution in [2.45, 2.75) is 25.2 Å². The number of aromatic nitrogens is 1. The van der Waals surface area contributed by atoms with E-state index in [2.05, 4.69) is 16.0 Å². The molecule has 1 aromatic heterocycles. The lowest BCUT2D eigenvalue weighted by Gasteiger charge is -2.28. The van der Waals surface area contributed by atoms with Gasteiger partial charge in [-0.15, -0.1) is 0 Å². The predicted octanol–water partition coefficient (Wildman–Crippen LogP) is 1.54. The van der Waals surface area contributed by atoms with Gasteiger partial charge in [0.15, 0.2) is 0 Å². The standard InChI is InChI=1S/C14H18N2O2/c1-11(17)14(4-5-14)12-2-3-13(15-10-12)16-6-8-18-9-7-16/h2-3,10H,4-9H2,1H3. The summed E-state index contributed by atoms with van der Waals surface area (Å²) in [7, 11) is 0. The van der Waals surface area contributed by atoms with Gasteiger partial charge in [0.25, 0.3) is 0 Å². The van der Waals surface area contributed by atoms with Crippen LogP contribution in [0.25, 0.3) is 0 Å². The van der Waals surface area contributed by atoms with Crippen LogP contribution in [0.1, 0.15) is 25.3 Å². The summed E-state index contributed by atoms with van der Waals surface area (Å²) in [5.74, 6) is 1.25. The summed E-state index contributed by atoms with van der Waals surface area (Å²) in [5.41, 5.74) is 0.864. The number of ether oxygens (including phenoxy) is 1. The minimum Gasteiger partial charge on any atom is -0.378 e. The number of pyridine rings is 1.